The number of hydrogen-bond donors (Lipinski definition) is 0. The van der Waals surface area contributed by atoms with E-state index in [0.29, 0.717) is 11.8 Å². The highest BCUT2D eigenvalue weighted by Gasteiger charge is 2.19. The molecule has 5 aromatic heterocycles. The van der Waals surface area contributed by atoms with Crippen molar-refractivity contribution in [2.24, 2.45) is 0 Å². The zero-order valence-corrected chi connectivity index (χ0v) is 31.5. The van der Waals surface area contributed by atoms with E-state index in [4.69, 9.17) is 18.8 Å². The van der Waals surface area contributed by atoms with Gasteiger partial charge in [-0.15, -0.1) is 0 Å². The van der Waals surface area contributed by atoms with Crippen LogP contribution in [-0.2, 0) is 0 Å². The van der Waals surface area contributed by atoms with Crippen LogP contribution in [0.1, 0.15) is 0 Å². The second-order valence-corrected chi connectivity index (χ2v) is 14.8. The molecule has 7 aromatic carbocycles. The summed E-state index contributed by atoms with van der Waals surface area (Å²) < 4.78 is 15.1. The lowest BCUT2D eigenvalue weighted by Gasteiger charge is -2.10. The predicted molar refractivity (Wildman–Crippen MR) is 236 cm³/mol. The van der Waals surface area contributed by atoms with Crippen LogP contribution in [0, 0.1) is 0 Å². The van der Waals surface area contributed by atoms with E-state index < -0.39 is 0 Å². The summed E-state index contributed by atoms with van der Waals surface area (Å²) in [5.74, 6) is 1.12. The molecule has 12 rings (SSSR count). The van der Waals surface area contributed by atoms with Gasteiger partial charge in [-0.1, -0.05) is 72.8 Å². The van der Waals surface area contributed by atoms with E-state index in [1.165, 1.54) is 16.3 Å². The maximum atomic E-state index is 6.39. The molecule has 7 heteroatoms. The summed E-state index contributed by atoms with van der Waals surface area (Å²) in [6, 6.07) is 56.9. The minimum atomic E-state index is 0.561. The second kappa shape index (κ2) is 13.2. The third-order valence-corrected chi connectivity index (χ3v) is 11.2. The fourth-order valence-electron chi connectivity index (χ4n) is 8.27. The Kier molecular flexibility index (Phi) is 7.40. The quantitative estimate of drug-likeness (QED) is 0.168. The molecule has 0 bridgehead atoms. The van der Waals surface area contributed by atoms with Crippen LogP contribution in [0.15, 0.2) is 197 Å². The Morgan fingerprint density at radius 1 is 0.373 bits per heavy atom. The van der Waals surface area contributed by atoms with Crippen LogP contribution in [-0.4, -0.2) is 24.5 Å². The Balaban J connectivity index is 0.991. The SMILES string of the molecule is c1cncc(-c2ccc3oc(-c4ccc5c(c4)c4cc(-c6nc7cc(-c8cccnc8)ccc7o6)ccc4n5-c4ccc(-c5ccc6ccccc6c5)cc4)nc3c2)c1. The minimum absolute atomic E-state index is 0.561. The van der Waals surface area contributed by atoms with Gasteiger partial charge in [-0.05, 0) is 124 Å². The number of aromatic nitrogens is 5. The van der Waals surface area contributed by atoms with Gasteiger partial charge in [0.25, 0.3) is 0 Å². The molecule has 7 nitrogen and oxygen atoms in total. The first kappa shape index (κ1) is 33.0. The minimum Gasteiger partial charge on any atom is -0.436 e. The van der Waals surface area contributed by atoms with E-state index in [0.717, 1.165) is 88.6 Å². The number of nitrogens with zero attached hydrogens (tertiary/aromatic N) is 5. The molecule has 0 saturated carbocycles. The molecule has 0 aliphatic carbocycles. The molecular weight excluding hydrogens is 727 g/mol. The molecule has 276 valence electrons. The summed E-state index contributed by atoms with van der Waals surface area (Å²) in [5.41, 5.74) is 14.5. The zero-order chi connectivity index (χ0) is 38.9. The molecule has 0 spiro atoms. The number of fused-ring (bicyclic) bond motifs is 6. The summed E-state index contributed by atoms with van der Waals surface area (Å²) in [4.78, 5) is 18.5. The highest BCUT2D eigenvalue weighted by atomic mass is 16.4. The fourth-order valence-corrected chi connectivity index (χ4v) is 8.27. The van der Waals surface area contributed by atoms with E-state index in [-0.39, 0.29) is 0 Å². The zero-order valence-electron chi connectivity index (χ0n) is 31.5. The smallest absolute Gasteiger partial charge is 0.227 e. The van der Waals surface area contributed by atoms with Crippen LogP contribution in [0.4, 0.5) is 0 Å². The van der Waals surface area contributed by atoms with E-state index in [2.05, 4.69) is 130 Å². The van der Waals surface area contributed by atoms with Crippen molar-refractivity contribution in [2.75, 3.05) is 0 Å². The third kappa shape index (κ3) is 5.67. The van der Waals surface area contributed by atoms with Gasteiger partial charge in [0.1, 0.15) is 11.0 Å². The molecule has 0 aliphatic heterocycles. The molecule has 0 fully saturated rings. The van der Waals surface area contributed by atoms with Crippen LogP contribution in [0.25, 0.3) is 117 Å². The fraction of sp³-hybridized carbons (Fsp3) is 0. The summed E-state index contributed by atoms with van der Waals surface area (Å²) >= 11 is 0. The Morgan fingerprint density at radius 3 is 1.44 bits per heavy atom. The van der Waals surface area contributed by atoms with E-state index in [1.807, 2.05) is 60.9 Å². The molecule has 12 aromatic rings. The lowest BCUT2D eigenvalue weighted by Crippen LogP contribution is -1.94. The lowest BCUT2D eigenvalue weighted by molar-refractivity contribution is 0.619. The molecular formula is C52H31N5O2. The van der Waals surface area contributed by atoms with Crippen molar-refractivity contribution in [1.29, 1.82) is 0 Å². The third-order valence-electron chi connectivity index (χ3n) is 11.2. The van der Waals surface area contributed by atoms with Crippen molar-refractivity contribution in [2.45, 2.75) is 0 Å². The monoisotopic (exact) mass is 757 g/mol. The van der Waals surface area contributed by atoms with Gasteiger partial charge in [-0.3, -0.25) is 9.97 Å². The topological polar surface area (TPSA) is 82.8 Å². The molecule has 0 N–H and O–H groups in total. The van der Waals surface area contributed by atoms with E-state index >= 15 is 0 Å². The molecule has 0 amide bonds. The Morgan fingerprint density at radius 2 is 0.881 bits per heavy atom. The lowest BCUT2D eigenvalue weighted by atomic mass is 10.0. The standard InChI is InChI=1S/C52H31N5O2/c1-2-6-34-25-35(10-9-32(34)5-1)33-11-17-42(18-12-33)57-47-19-13-38(51-55-45-28-36(15-21-49(45)58-51)40-7-3-23-53-30-40)26-43(47)44-27-39(14-20-48(44)57)52-56-46-29-37(16-22-50(46)59-52)41-8-4-24-54-31-41/h1-31H. The number of rotatable bonds is 6. The van der Waals surface area contributed by atoms with Gasteiger partial charge < -0.3 is 13.4 Å². The summed E-state index contributed by atoms with van der Waals surface area (Å²) in [7, 11) is 0. The molecule has 0 radical (unpaired) electrons. The molecule has 0 aliphatic rings. The van der Waals surface area contributed by atoms with E-state index in [1.54, 1.807) is 12.4 Å². The Hall–Kier alpha value is -8.16. The first-order valence-electron chi connectivity index (χ1n) is 19.5. The van der Waals surface area contributed by atoms with Gasteiger partial charge in [0.05, 0.1) is 11.0 Å². The van der Waals surface area contributed by atoms with Crippen LogP contribution in [0.2, 0.25) is 0 Å². The molecule has 0 saturated heterocycles. The average molecular weight is 758 g/mol. The first-order valence-corrected chi connectivity index (χ1v) is 19.5. The van der Waals surface area contributed by atoms with Crippen LogP contribution in [0.5, 0.6) is 0 Å². The van der Waals surface area contributed by atoms with Crippen molar-refractivity contribution in [1.82, 2.24) is 24.5 Å². The number of pyridine rings is 2. The highest BCUT2D eigenvalue weighted by molar-refractivity contribution is 6.11. The normalized spacial score (nSPS) is 11.7. The van der Waals surface area contributed by atoms with Gasteiger partial charge in [0.15, 0.2) is 11.2 Å². The van der Waals surface area contributed by atoms with Crippen LogP contribution in [0.3, 0.4) is 0 Å². The van der Waals surface area contributed by atoms with Crippen molar-refractivity contribution < 1.29 is 8.83 Å². The van der Waals surface area contributed by atoms with Crippen molar-refractivity contribution in [3.63, 3.8) is 0 Å². The Labute approximate surface area is 337 Å². The van der Waals surface area contributed by atoms with Gasteiger partial charge in [-0.2, -0.15) is 0 Å². The predicted octanol–water partition coefficient (Wildman–Crippen LogP) is 13.3. The van der Waals surface area contributed by atoms with Gasteiger partial charge >= 0.3 is 0 Å². The van der Waals surface area contributed by atoms with Crippen molar-refractivity contribution in [3.05, 3.63) is 189 Å². The first-order chi connectivity index (χ1) is 29.2. The largest absolute Gasteiger partial charge is 0.436 e. The van der Waals surface area contributed by atoms with Gasteiger partial charge in [0.2, 0.25) is 11.8 Å². The molecule has 0 atom stereocenters. The number of oxazole rings is 2. The Bertz CT molecular complexity index is 3370. The highest BCUT2D eigenvalue weighted by Crippen LogP contribution is 2.39. The summed E-state index contributed by atoms with van der Waals surface area (Å²) in [6.45, 7) is 0. The second-order valence-electron chi connectivity index (χ2n) is 14.8. The van der Waals surface area contributed by atoms with E-state index in [9.17, 15) is 0 Å². The van der Waals surface area contributed by atoms with Crippen LogP contribution >= 0.6 is 0 Å². The van der Waals surface area contributed by atoms with Crippen molar-refractivity contribution >= 4 is 54.8 Å². The molecule has 0 unspecified atom stereocenters. The summed E-state index contributed by atoms with van der Waals surface area (Å²) in [6.07, 6.45) is 7.27. The molecule has 59 heavy (non-hydrogen) atoms. The maximum Gasteiger partial charge on any atom is 0.227 e. The number of benzene rings is 7. The molecule has 5 heterocycles. The van der Waals surface area contributed by atoms with Gasteiger partial charge in [-0.25, -0.2) is 9.97 Å². The van der Waals surface area contributed by atoms with Gasteiger partial charge in [0, 0.05) is 63.5 Å². The van der Waals surface area contributed by atoms with Crippen molar-refractivity contribution in [3.8, 4) is 62.0 Å². The maximum absolute atomic E-state index is 6.39. The average Bonchev–Trinajstić information content (AvgIpc) is 4.03. The number of hydrogen-bond acceptors (Lipinski definition) is 6. The summed E-state index contributed by atoms with van der Waals surface area (Å²) in [5, 5.41) is 4.58. The van der Waals surface area contributed by atoms with Crippen LogP contribution < -0.4 is 0 Å².